The molecule has 0 radical (unpaired) electrons. The van der Waals surface area contributed by atoms with E-state index in [4.69, 9.17) is 5.26 Å². The summed E-state index contributed by atoms with van der Waals surface area (Å²) in [6.07, 6.45) is 2.75. The fourth-order valence-electron chi connectivity index (χ4n) is 2.67. The summed E-state index contributed by atoms with van der Waals surface area (Å²) in [4.78, 5) is 2.20. The molecule has 1 aromatic carbocycles. The number of nitrogens with zero attached hydrogens (tertiary/aromatic N) is 2. The molecule has 1 saturated carbocycles. The number of nitrogens with one attached hydrogen (secondary N) is 1. The van der Waals surface area contributed by atoms with Crippen LogP contribution in [0.5, 0.6) is 0 Å². The fraction of sp³-hybridized carbons (Fsp3) is 0.562. The van der Waals surface area contributed by atoms with Crippen molar-refractivity contribution in [2.24, 2.45) is 0 Å². The summed E-state index contributed by atoms with van der Waals surface area (Å²) in [6, 6.07) is 7.88. The molecule has 20 heavy (non-hydrogen) atoms. The van der Waals surface area contributed by atoms with Crippen LogP contribution in [0.3, 0.4) is 0 Å². The Morgan fingerprint density at radius 1 is 1.50 bits per heavy atom. The van der Waals surface area contributed by atoms with Gasteiger partial charge in [-0.05, 0) is 38.4 Å². The molecule has 0 heterocycles. The van der Waals surface area contributed by atoms with Gasteiger partial charge in [-0.15, -0.1) is 0 Å². The zero-order valence-corrected chi connectivity index (χ0v) is 12.2. The third-order valence-corrected chi connectivity index (χ3v) is 3.73. The third-order valence-electron chi connectivity index (χ3n) is 3.73. The third kappa shape index (κ3) is 3.29. The van der Waals surface area contributed by atoms with E-state index in [0.29, 0.717) is 19.0 Å². The molecule has 1 aliphatic carbocycles. The first-order chi connectivity index (χ1) is 9.69. The molecular formula is C16H22FN3. The van der Waals surface area contributed by atoms with E-state index in [1.54, 1.807) is 6.07 Å². The maximum Gasteiger partial charge on any atom is 0.130 e. The van der Waals surface area contributed by atoms with Gasteiger partial charge in [-0.3, -0.25) is 0 Å². The number of hydrogen-bond acceptors (Lipinski definition) is 3. The largest absolute Gasteiger partial charge is 0.367 e. The second kappa shape index (κ2) is 6.71. The second-order valence-electron chi connectivity index (χ2n) is 5.28. The Bertz CT molecular complexity index is 491. The Hall–Kier alpha value is -1.60. The molecule has 1 fully saturated rings. The standard InChI is InChI=1S/C16H22FN3/c1-3-19-12(2)16-14(17)6-4-7-15(16)20(11-5-10-18)13-8-9-13/h4,6-7,12-13,19H,3,5,8-9,11H2,1-2H3. The van der Waals surface area contributed by atoms with Crippen molar-refractivity contribution < 1.29 is 4.39 Å². The molecule has 3 nitrogen and oxygen atoms in total. The maximum atomic E-state index is 14.3. The normalized spacial score (nSPS) is 15.7. The summed E-state index contributed by atoms with van der Waals surface area (Å²) in [5.41, 5.74) is 1.66. The highest BCUT2D eigenvalue weighted by Crippen LogP contribution is 2.36. The van der Waals surface area contributed by atoms with Gasteiger partial charge in [0.1, 0.15) is 5.82 Å². The topological polar surface area (TPSA) is 39.1 Å². The predicted molar refractivity (Wildman–Crippen MR) is 79.1 cm³/mol. The van der Waals surface area contributed by atoms with Gasteiger partial charge in [-0.1, -0.05) is 13.0 Å². The van der Waals surface area contributed by atoms with Gasteiger partial charge < -0.3 is 10.2 Å². The van der Waals surface area contributed by atoms with Gasteiger partial charge in [-0.2, -0.15) is 5.26 Å². The Balaban J connectivity index is 2.33. The van der Waals surface area contributed by atoms with Crippen LogP contribution in [-0.2, 0) is 0 Å². The monoisotopic (exact) mass is 275 g/mol. The molecule has 0 saturated heterocycles. The smallest absolute Gasteiger partial charge is 0.130 e. The Morgan fingerprint density at radius 2 is 2.25 bits per heavy atom. The van der Waals surface area contributed by atoms with Crippen molar-refractivity contribution >= 4 is 5.69 Å². The molecule has 0 aliphatic heterocycles. The number of nitriles is 1. The van der Waals surface area contributed by atoms with Gasteiger partial charge in [0.25, 0.3) is 0 Å². The average molecular weight is 275 g/mol. The Kier molecular flexibility index (Phi) is 4.97. The molecule has 0 bridgehead atoms. The van der Waals surface area contributed by atoms with E-state index in [2.05, 4.69) is 16.3 Å². The average Bonchev–Trinajstić information content (AvgIpc) is 3.24. The van der Waals surface area contributed by atoms with E-state index in [1.807, 2.05) is 19.9 Å². The van der Waals surface area contributed by atoms with Crippen molar-refractivity contribution in [2.45, 2.75) is 45.2 Å². The van der Waals surface area contributed by atoms with Crippen LogP contribution in [0.4, 0.5) is 10.1 Å². The quantitative estimate of drug-likeness (QED) is 0.829. The summed E-state index contributed by atoms with van der Waals surface area (Å²) in [5.74, 6) is -0.168. The van der Waals surface area contributed by atoms with Crippen molar-refractivity contribution in [3.05, 3.63) is 29.6 Å². The van der Waals surface area contributed by atoms with E-state index >= 15 is 0 Å². The maximum absolute atomic E-state index is 14.3. The molecule has 4 heteroatoms. The van der Waals surface area contributed by atoms with Crippen molar-refractivity contribution in [2.75, 3.05) is 18.0 Å². The van der Waals surface area contributed by atoms with Gasteiger partial charge in [0.05, 0.1) is 12.5 Å². The summed E-state index contributed by atoms with van der Waals surface area (Å²) < 4.78 is 14.3. The van der Waals surface area contributed by atoms with E-state index < -0.39 is 0 Å². The van der Waals surface area contributed by atoms with E-state index in [1.165, 1.54) is 6.07 Å². The van der Waals surface area contributed by atoms with Crippen molar-refractivity contribution in [1.82, 2.24) is 5.32 Å². The molecule has 0 spiro atoms. The van der Waals surface area contributed by atoms with Crippen LogP contribution in [0.15, 0.2) is 18.2 Å². The molecule has 1 atom stereocenters. The summed E-state index contributed by atoms with van der Waals surface area (Å²) in [6.45, 7) is 5.49. The Morgan fingerprint density at radius 3 is 2.85 bits per heavy atom. The van der Waals surface area contributed by atoms with Crippen LogP contribution in [0.25, 0.3) is 0 Å². The molecule has 1 N–H and O–H groups in total. The molecule has 2 rings (SSSR count). The fourth-order valence-corrected chi connectivity index (χ4v) is 2.67. The second-order valence-corrected chi connectivity index (χ2v) is 5.28. The molecule has 1 unspecified atom stereocenters. The molecule has 1 aromatic rings. The number of hydrogen-bond donors (Lipinski definition) is 1. The van der Waals surface area contributed by atoms with Crippen LogP contribution in [0, 0.1) is 17.1 Å². The SMILES string of the molecule is CCNC(C)c1c(F)cccc1N(CCC#N)C1CC1. The first-order valence-corrected chi connectivity index (χ1v) is 7.34. The first kappa shape index (κ1) is 14.8. The lowest BCUT2D eigenvalue weighted by molar-refractivity contribution is 0.538. The van der Waals surface area contributed by atoms with Crippen LogP contribution in [0.2, 0.25) is 0 Å². The zero-order valence-electron chi connectivity index (χ0n) is 12.2. The van der Waals surface area contributed by atoms with E-state index in [0.717, 1.165) is 30.6 Å². The van der Waals surface area contributed by atoms with Gasteiger partial charge in [0.2, 0.25) is 0 Å². The molecule has 0 aromatic heterocycles. The minimum absolute atomic E-state index is 0.0282. The molecule has 1 aliphatic rings. The zero-order chi connectivity index (χ0) is 14.5. The number of benzene rings is 1. The van der Waals surface area contributed by atoms with E-state index in [-0.39, 0.29) is 11.9 Å². The van der Waals surface area contributed by atoms with E-state index in [9.17, 15) is 4.39 Å². The number of rotatable bonds is 7. The Labute approximate surface area is 120 Å². The number of halogens is 1. The molecular weight excluding hydrogens is 253 g/mol. The summed E-state index contributed by atoms with van der Waals surface area (Å²) in [5, 5.41) is 12.1. The predicted octanol–water partition coefficient (Wildman–Crippen LogP) is 3.38. The molecule has 0 amide bonds. The van der Waals surface area contributed by atoms with Gasteiger partial charge in [0, 0.05) is 29.9 Å². The minimum atomic E-state index is -0.168. The highest BCUT2D eigenvalue weighted by Gasteiger charge is 2.31. The first-order valence-electron chi connectivity index (χ1n) is 7.34. The van der Waals surface area contributed by atoms with Crippen molar-refractivity contribution in [1.29, 1.82) is 5.26 Å². The van der Waals surface area contributed by atoms with Crippen LogP contribution in [-0.4, -0.2) is 19.1 Å². The van der Waals surface area contributed by atoms with Gasteiger partial charge >= 0.3 is 0 Å². The van der Waals surface area contributed by atoms with Crippen LogP contribution in [0.1, 0.15) is 44.7 Å². The van der Waals surface area contributed by atoms with Crippen molar-refractivity contribution in [3.63, 3.8) is 0 Å². The van der Waals surface area contributed by atoms with Crippen LogP contribution >= 0.6 is 0 Å². The van der Waals surface area contributed by atoms with Crippen molar-refractivity contribution in [3.8, 4) is 6.07 Å². The van der Waals surface area contributed by atoms with Crippen LogP contribution < -0.4 is 10.2 Å². The summed E-state index contributed by atoms with van der Waals surface area (Å²) >= 11 is 0. The molecule has 108 valence electrons. The minimum Gasteiger partial charge on any atom is -0.367 e. The lowest BCUT2D eigenvalue weighted by Gasteiger charge is -2.29. The highest BCUT2D eigenvalue weighted by atomic mass is 19.1. The highest BCUT2D eigenvalue weighted by molar-refractivity contribution is 5.57. The lowest BCUT2D eigenvalue weighted by Crippen LogP contribution is -2.30. The lowest BCUT2D eigenvalue weighted by atomic mass is 10.0. The summed E-state index contributed by atoms with van der Waals surface area (Å²) in [7, 11) is 0. The van der Waals surface area contributed by atoms with Gasteiger partial charge in [0.15, 0.2) is 0 Å². The number of anilines is 1. The van der Waals surface area contributed by atoms with Gasteiger partial charge in [-0.25, -0.2) is 4.39 Å².